The van der Waals surface area contributed by atoms with E-state index in [1.807, 2.05) is 6.07 Å². The molecule has 0 bridgehead atoms. The number of rotatable bonds is 14. The summed E-state index contributed by atoms with van der Waals surface area (Å²) in [7, 11) is -4.92. The van der Waals surface area contributed by atoms with E-state index < -0.39 is 55.0 Å². The molecule has 0 radical (unpaired) electrons. The molecule has 0 amide bonds. The van der Waals surface area contributed by atoms with E-state index in [9.17, 15) is 18.1 Å². The fourth-order valence-corrected chi connectivity index (χ4v) is 6.78. The van der Waals surface area contributed by atoms with Gasteiger partial charge in [0.15, 0.2) is 11.9 Å². The zero-order valence-electron chi connectivity index (χ0n) is 26.7. The van der Waals surface area contributed by atoms with E-state index in [1.54, 1.807) is 25.2 Å². The first-order valence-electron chi connectivity index (χ1n) is 15.1. The minimum Gasteiger partial charge on any atom is -0.471 e. The summed E-state index contributed by atoms with van der Waals surface area (Å²) in [5.41, 5.74) is -1.88. The Morgan fingerprint density at radius 1 is 1.18 bits per heavy atom. The molecule has 1 fully saturated rings. The summed E-state index contributed by atoms with van der Waals surface area (Å²) in [5, 5.41) is 11.8. The molecule has 0 unspecified atom stereocenters. The molecule has 2 atom stereocenters. The zero-order chi connectivity index (χ0) is 36.6. The Hall–Kier alpha value is -4.53. The van der Waals surface area contributed by atoms with Crippen LogP contribution in [0.1, 0.15) is 39.5 Å². The van der Waals surface area contributed by atoms with Gasteiger partial charge in [-0.2, -0.15) is 10.4 Å². The number of benzene rings is 2. The highest BCUT2D eigenvalue weighted by Gasteiger charge is 2.47. The van der Waals surface area contributed by atoms with E-state index in [2.05, 4.69) is 14.6 Å². The van der Waals surface area contributed by atoms with Gasteiger partial charge in [-0.05, 0) is 37.3 Å². The Balaban J connectivity index is 1.35. The van der Waals surface area contributed by atoms with Crippen molar-refractivity contribution in [3.63, 3.8) is 0 Å². The third kappa shape index (κ3) is 9.83. The number of ether oxygens (including phenoxy) is 3. The highest BCUT2D eigenvalue weighted by molar-refractivity contribution is 8.00. The number of aromatic nitrogens is 3. The zero-order valence-corrected chi connectivity index (χ0v) is 28.4. The van der Waals surface area contributed by atoms with Crippen molar-refractivity contribution in [1.29, 1.82) is 5.26 Å². The summed E-state index contributed by atoms with van der Waals surface area (Å²) >= 11 is 1.24. The van der Waals surface area contributed by atoms with E-state index in [-0.39, 0.29) is 47.3 Å². The molecular weight excluding hydrogens is 716 g/mol. The molecule has 0 aliphatic carbocycles. The van der Waals surface area contributed by atoms with Gasteiger partial charge in [-0.25, -0.2) is 32.2 Å². The minimum absolute atomic E-state index is 0.0528. The summed E-state index contributed by atoms with van der Waals surface area (Å²) in [6.07, 6.45) is 10.2. The van der Waals surface area contributed by atoms with Crippen LogP contribution in [0.5, 0.6) is 0 Å². The molecule has 1 saturated heterocycles. The van der Waals surface area contributed by atoms with Crippen LogP contribution in [0.3, 0.4) is 0 Å². The summed E-state index contributed by atoms with van der Waals surface area (Å²) in [5.74, 6) is -3.47. The summed E-state index contributed by atoms with van der Waals surface area (Å²) in [6.45, 7) is 0.994. The van der Waals surface area contributed by atoms with Gasteiger partial charge in [0.2, 0.25) is 0 Å². The van der Waals surface area contributed by atoms with Crippen LogP contribution in [0.2, 0.25) is 0 Å². The third-order valence-corrected chi connectivity index (χ3v) is 9.52. The van der Waals surface area contributed by atoms with Crippen LogP contribution in [-0.2, 0) is 42.1 Å². The van der Waals surface area contributed by atoms with Gasteiger partial charge in [0, 0.05) is 28.0 Å². The van der Waals surface area contributed by atoms with Crippen LogP contribution in [0.4, 0.5) is 13.2 Å². The number of phosphoric acid groups is 1. The smallest absolute Gasteiger partial charge is 0.469 e. The molecule has 13 nitrogen and oxygen atoms in total. The Morgan fingerprint density at radius 3 is 2.63 bits per heavy atom. The van der Waals surface area contributed by atoms with Crippen molar-refractivity contribution in [3.05, 3.63) is 125 Å². The Morgan fingerprint density at radius 2 is 1.96 bits per heavy atom. The van der Waals surface area contributed by atoms with E-state index in [0.29, 0.717) is 11.6 Å². The lowest BCUT2D eigenvalue weighted by Crippen LogP contribution is -2.47. The maximum Gasteiger partial charge on any atom is 0.469 e. The van der Waals surface area contributed by atoms with E-state index in [4.69, 9.17) is 33.7 Å². The van der Waals surface area contributed by atoms with Crippen LogP contribution in [0.25, 0.3) is 6.08 Å². The fourth-order valence-electron chi connectivity index (χ4n) is 5.11. The first-order valence-corrected chi connectivity index (χ1v) is 17.5. The first-order chi connectivity index (χ1) is 24.4. The number of allylic oxidation sites excluding steroid dienone is 2. The highest BCUT2D eigenvalue weighted by atomic mass is 32.2. The normalized spacial score (nSPS) is 18.5. The number of furan rings is 1. The van der Waals surface area contributed by atoms with E-state index in [1.165, 1.54) is 47.3 Å². The second-order valence-corrected chi connectivity index (χ2v) is 14.0. The van der Waals surface area contributed by atoms with Gasteiger partial charge < -0.3 is 28.4 Å². The van der Waals surface area contributed by atoms with Gasteiger partial charge >= 0.3 is 13.8 Å². The average molecular weight is 747 g/mol. The quantitative estimate of drug-likeness (QED) is 0.0919. The van der Waals surface area contributed by atoms with Gasteiger partial charge in [-0.1, -0.05) is 24.3 Å². The molecular formula is C33H30F3N4O9PS. The molecule has 2 aromatic heterocycles. The number of nitriles is 1. The molecule has 18 heteroatoms. The van der Waals surface area contributed by atoms with Crippen molar-refractivity contribution in [2.45, 2.75) is 42.5 Å². The van der Waals surface area contributed by atoms with Crippen molar-refractivity contribution in [3.8, 4) is 6.07 Å². The lowest BCUT2D eigenvalue weighted by atomic mass is 9.89. The van der Waals surface area contributed by atoms with Crippen molar-refractivity contribution in [2.75, 3.05) is 13.2 Å². The first kappa shape index (κ1) is 37.7. The lowest BCUT2D eigenvalue weighted by molar-refractivity contribution is -0.146. The number of nitrogens with zero attached hydrogens (tertiary/aromatic N) is 4. The molecule has 2 N–H and O–H groups in total. The molecule has 5 rings (SSSR count). The number of thioether (sulfide) groups is 1. The molecule has 1 aliphatic rings. The second-order valence-electron chi connectivity index (χ2n) is 11.1. The second kappa shape index (κ2) is 16.7. The summed E-state index contributed by atoms with van der Waals surface area (Å²) in [6, 6.07) is 8.84. The van der Waals surface area contributed by atoms with Crippen LogP contribution >= 0.6 is 19.6 Å². The summed E-state index contributed by atoms with van der Waals surface area (Å²) < 4.78 is 84.0. The number of halogens is 3. The lowest BCUT2D eigenvalue weighted by Gasteiger charge is -2.40. The maximum atomic E-state index is 15.7. The van der Waals surface area contributed by atoms with Crippen LogP contribution in [0, 0.1) is 28.8 Å². The monoisotopic (exact) mass is 746 g/mol. The number of esters is 1. The van der Waals surface area contributed by atoms with Crippen LogP contribution < -0.4 is 0 Å². The molecule has 51 heavy (non-hydrogen) atoms. The Kier molecular flexibility index (Phi) is 12.3. The maximum absolute atomic E-state index is 15.7. The standard InChI is InChI=1S/C33H30F3N4O9PS/c1-21(51-26-15-46-31(47-16-26)5-3-2-4-23-7-6-22(12-37)10-29(23)35)33(18-40-20-38-19-39-40,28-9-8-25(34)11-30(28)36)49-32(41)27-17-45-13-24(27)14-48-50(42,43)44/h2-11,13,17,19-21,26,31H,14-16,18H2,1H3,(H2,42,43,44)/t21-,26?,31?,33-/m1/s1. The van der Waals surface area contributed by atoms with Crippen molar-refractivity contribution < 1.29 is 55.5 Å². The van der Waals surface area contributed by atoms with E-state index >= 15 is 4.39 Å². The number of carbonyl (C=O) groups is 1. The molecule has 4 aromatic rings. The van der Waals surface area contributed by atoms with Crippen molar-refractivity contribution in [1.82, 2.24) is 14.8 Å². The van der Waals surface area contributed by atoms with Crippen LogP contribution in [-0.4, -0.2) is 60.5 Å². The van der Waals surface area contributed by atoms with Crippen LogP contribution in [0.15, 0.2) is 84.2 Å². The number of hydrogen-bond acceptors (Lipinski definition) is 11. The predicted octanol–water partition coefficient (Wildman–Crippen LogP) is 5.65. The Labute approximate surface area is 293 Å². The third-order valence-electron chi connectivity index (χ3n) is 7.61. The highest BCUT2D eigenvalue weighted by Crippen LogP contribution is 2.43. The molecule has 2 aromatic carbocycles. The van der Waals surface area contributed by atoms with E-state index in [0.717, 1.165) is 30.7 Å². The predicted molar refractivity (Wildman–Crippen MR) is 175 cm³/mol. The molecule has 0 saturated carbocycles. The van der Waals surface area contributed by atoms with Gasteiger partial charge in [-0.15, -0.1) is 11.8 Å². The van der Waals surface area contributed by atoms with Gasteiger partial charge in [0.1, 0.15) is 41.9 Å². The number of phosphoric ester groups is 1. The van der Waals surface area contributed by atoms with Gasteiger partial charge in [-0.3, -0.25) is 4.52 Å². The molecule has 0 spiro atoms. The number of carbonyl (C=O) groups excluding carboxylic acids is 1. The molecule has 268 valence electrons. The average Bonchev–Trinajstić information content (AvgIpc) is 3.79. The SMILES string of the molecule is C[C@@H](SC1COC(C=CC=Cc2ccc(C#N)cc2F)OC1)[C@@](Cn1cncn1)(OC(=O)c1cocc1COP(=O)(O)O)c1ccc(F)cc1F. The van der Waals surface area contributed by atoms with Gasteiger partial charge in [0.05, 0.1) is 49.5 Å². The molecule has 1 aliphatic heterocycles. The Bertz CT molecular complexity index is 1970. The van der Waals surface area contributed by atoms with Crippen molar-refractivity contribution in [2.24, 2.45) is 0 Å². The van der Waals surface area contributed by atoms with Gasteiger partial charge in [0.25, 0.3) is 0 Å². The topological polar surface area (TPSA) is 179 Å². The fraction of sp³-hybridized carbons (Fsp3) is 0.273. The largest absolute Gasteiger partial charge is 0.471 e. The number of hydrogen-bond donors (Lipinski definition) is 2. The molecule has 3 heterocycles. The van der Waals surface area contributed by atoms with Crippen molar-refractivity contribution >= 4 is 31.6 Å². The summed E-state index contributed by atoms with van der Waals surface area (Å²) in [4.78, 5) is 36.0. The minimum atomic E-state index is -4.92.